The highest BCUT2D eigenvalue weighted by atomic mass is 32.2. The monoisotopic (exact) mass is 149 g/mol. The van der Waals surface area contributed by atoms with Crippen LogP contribution in [0.5, 0.6) is 0 Å². The van der Waals surface area contributed by atoms with Crippen molar-refractivity contribution in [3.63, 3.8) is 0 Å². The van der Waals surface area contributed by atoms with Crippen LogP contribution in [0.1, 0.15) is 13.3 Å². The maximum absolute atomic E-state index is 10.1. The molecule has 0 saturated heterocycles. The lowest BCUT2D eigenvalue weighted by atomic mass is 10.1. The average molecular weight is 149 g/mol. The molecule has 0 aliphatic rings. The molecule has 0 aliphatic carbocycles. The highest BCUT2D eigenvalue weighted by Crippen LogP contribution is 2.06. The third-order valence-corrected chi connectivity index (χ3v) is 1.46. The number of rotatable bonds is 4. The minimum Gasteiger partial charge on any atom is -0.481 e. The Kier molecular flexibility index (Phi) is 4.53. The zero-order chi connectivity index (χ0) is 7.28. The van der Waals surface area contributed by atoms with Gasteiger partial charge in [0.15, 0.2) is 0 Å². The number of carbonyl (C=O) groups is 1. The maximum atomic E-state index is 10.1. The summed E-state index contributed by atoms with van der Waals surface area (Å²) in [5.41, 5.74) is 0. The van der Waals surface area contributed by atoms with Crippen molar-refractivity contribution >= 4 is 18.0 Å². The van der Waals surface area contributed by atoms with Crippen molar-refractivity contribution in [3.8, 4) is 0 Å². The Morgan fingerprint density at radius 2 is 2.33 bits per heavy atom. The highest BCUT2D eigenvalue weighted by Gasteiger charge is 2.09. The van der Waals surface area contributed by atoms with Gasteiger partial charge in [0.1, 0.15) is 0 Å². The Morgan fingerprint density at radius 1 is 1.78 bits per heavy atom. The smallest absolute Gasteiger partial charge is 0.306 e. The SMILES string of the molecule is CC(CCS[O])C(=O)O. The predicted octanol–water partition coefficient (Wildman–Crippen LogP) is 1.18. The van der Waals surface area contributed by atoms with Crippen LogP contribution in [0.4, 0.5) is 0 Å². The van der Waals surface area contributed by atoms with Gasteiger partial charge >= 0.3 is 5.97 Å². The molecule has 1 radical (unpaired) electrons. The van der Waals surface area contributed by atoms with E-state index in [0.29, 0.717) is 24.2 Å². The van der Waals surface area contributed by atoms with Crippen molar-refractivity contribution in [1.82, 2.24) is 0 Å². The van der Waals surface area contributed by atoms with Crippen LogP contribution >= 0.6 is 12.0 Å². The Hall–Kier alpha value is -0.220. The largest absolute Gasteiger partial charge is 0.481 e. The molecule has 9 heavy (non-hydrogen) atoms. The summed E-state index contributed by atoms with van der Waals surface area (Å²) in [4.78, 5) is 10.1. The molecule has 0 aromatic rings. The van der Waals surface area contributed by atoms with E-state index in [4.69, 9.17) is 5.11 Å². The number of carboxylic acids is 1. The zero-order valence-electron chi connectivity index (χ0n) is 5.16. The Morgan fingerprint density at radius 3 is 2.67 bits per heavy atom. The molecule has 1 N–H and O–H groups in total. The molecule has 4 heteroatoms. The van der Waals surface area contributed by atoms with E-state index in [0.717, 1.165) is 0 Å². The summed E-state index contributed by atoms with van der Waals surface area (Å²) < 4.78 is 9.78. The molecule has 0 spiro atoms. The second-order valence-corrected chi connectivity index (χ2v) is 2.49. The second-order valence-electron chi connectivity index (χ2n) is 1.85. The fraction of sp³-hybridized carbons (Fsp3) is 0.800. The maximum Gasteiger partial charge on any atom is 0.306 e. The predicted molar refractivity (Wildman–Crippen MR) is 34.6 cm³/mol. The molecule has 0 bridgehead atoms. The van der Waals surface area contributed by atoms with E-state index in [-0.39, 0.29) is 5.92 Å². The van der Waals surface area contributed by atoms with Crippen molar-refractivity contribution in [2.45, 2.75) is 13.3 Å². The van der Waals surface area contributed by atoms with Gasteiger partial charge in [0.2, 0.25) is 0 Å². The van der Waals surface area contributed by atoms with Crippen molar-refractivity contribution in [1.29, 1.82) is 0 Å². The fourth-order valence-corrected chi connectivity index (χ4v) is 0.798. The number of hydrogen-bond donors (Lipinski definition) is 1. The zero-order valence-corrected chi connectivity index (χ0v) is 5.98. The minimum absolute atomic E-state index is 0.382. The molecule has 0 aromatic heterocycles. The van der Waals surface area contributed by atoms with E-state index in [2.05, 4.69) is 0 Å². The van der Waals surface area contributed by atoms with Gasteiger partial charge in [-0.2, -0.15) is 4.55 Å². The highest BCUT2D eigenvalue weighted by molar-refractivity contribution is 7.93. The van der Waals surface area contributed by atoms with Crippen LogP contribution in [0.25, 0.3) is 0 Å². The minimum atomic E-state index is -0.830. The van der Waals surface area contributed by atoms with E-state index in [1.807, 2.05) is 0 Å². The summed E-state index contributed by atoms with van der Waals surface area (Å²) in [6.07, 6.45) is 0.462. The van der Waals surface area contributed by atoms with Crippen molar-refractivity contribution in [2.75, 3.05) is 5.75 Å². The number of carboxylic acid groups (broad SMARTS) is 1. The quantitative estimate of drug-likeness (QED) is 0.610. The topological polar surface area (TPSA) is 57.2 Å². The normalized spacial score (nSPS) is 13.1. The van der Waals surface area contributed by atoms with Crippen molar-refractivity contribution in [3.05, 3.63) is 0 Å². The Balaban J connectivity index is 3.27. The van der Waals surface area contributed by atoms with Gasteiger partial charge in [0.25, 0.3) is 0 Å². The summed E-state index contributed by atoms with van der Waals surface area (Å²) in [7, 11) is 0. The second kappa shape index (κ2) is 4.64. The van der Waals surface area contributed by atoms with Crippen molar-refractivity contribution in [2.24, 2.45) is 5.92 Å². The van der Waals surface area contributed by atoms with Crippen LogP contribution in [0.15, 0.2) is 0 Å². The summed E-state index contributed by atoms with van der Waals surface area (Å²) in [5.74, 6) is -0.830. The van der Waals surface area contributed by atoms with Crippen LogP contribution in [0, 0.1) is 5.92 Å². The van der Waals surface area contributed by atoms with Crippen molar-refractivity contribution < 1.29 is 14.5 Å². The lowest BCUT2D eigenvalue weighted by Gasteiger charge is -2.00. The molecule has 1 unspecified atom stereocenters. The molecule has 0 saturated carbocycles. The molecular weight excluding hydrogens is 140 g/mol. The molecule has 0 aromatic carbocycles. The van der Waals surface area contributed by atoms with Gasteiger partial charge in [-0.3, -0.25) is 4.79 Å². The lowest BCUT2D eigenvalue weighted by molar-refractivity contribution is -0.141. The standard InChI is InChI=1S/C5H9O3S/c1-4(5(6)7)2-3-9-8/h4H,2-3H2,1H3,(H,6,7). The van der Waals surface area contributed by atoms with Gasteiger partial charge in [0, 0.05) is 17.8 Å². The first-order valence-corrected chi connectivity index (χ1v) is 3.57. The molecule has 0 heterocycles. The van der Waals surface area contributed by atoms with E-state index < -0.39 is 5.97 Å². The molecule has 0 fully saturated rings. The van der Waals surface area contributed by atoms with Gasteiger partial charge in [-0.25, -0.2) is 0 Å². The Bertz CT molecular complexity index is 94.2. The van der Waals surface area contributed by atoms with Gasteiger partial charge < -0.3 is 5.11 Å². The van der Waals surface area contributed by atoms with Crippen LogP contribution in [-0.2, 0) is 9.35 Å². The molecule has 0 aliphatic heterocycles. The van der Waals surface area contributed by atoms with Gasteiger partial charge in [-0.05, 0) is 6.42 Å². The lowest BCUT2D eigenvalue weighted by Crippen LogP contribution is -2.09. The first-order valence-electron chi connectivity index (χ1n) is 2.66. The number of aliphatic carboxylic acids is 1. The molecule has 0 amide bonds. The van der Waals surface area contributed by atoms with E-state index in [1.165, 1.54) is 0 Å². The van der Waals surface area contributed by atoms with Crippen LogP contribution in [-0.4, -0.2) is 16.8 Å². The van der Waals surface area contributed by atoms with E-state index in [9.17, 15) is 9.35 Å². The number of hydrogen-bond acceptors (Lipinski definition) is 2. The summed E-state index contributed by atoms with van der Waals surface area (Å²) in [5, 5.41) is 8.30. The molecule has 53 valence electrons. The average Bonchev–Trinajstić information content (AvgIpc) is 1.82. The van der Waals surface area contributed by atoms with Gasteiger partial charge in [-0.15, -0.1) is 0 Å². The first-order chi connectivity index (χ1) is 4.18. The third kappa shape index (κ3) is 4.29. The Labute approximate surface area is 58.3 Å². The molecule has 3 nitrogen and oxygen atoms in total. The van der Waals surface area contributed by atoms with Crippen LogP contribution in [0.3, 0.4) is 0 Å². The summed E-state index contributed by atoms with van der Waals surface area (Å²) in [6.45, 7) is 1.60. The fourth-order valence-electron chi connectivity index (χ4n) is 0.348. The van der Waals surface area contributed by atoms with E-state index in [1.54, 1.807) is 6.92 Å². The third-order valence-electron chi connectivity index (χ3n) is 1.06. The van der Waals surface area contributed by atoms with E-state index >= 15 is 0 Å². The molecule has 0 rings (SSSR count). The summed E-state index contributed by atoms with van der Waals surface area (Å²) >= 11 is 0.434. The molecule has 1 atom stereocenters. The van der Waals surface area contributed by atoms with Crippen LogP contribution in [0.2, 0.25) is 0 Å². The summed E-state index contributed by atoms with van der Waals surface area (Å²) in [6, 6.07) is 0. The molecular formula is C5H9O3S. The first kappa shape index (κ1) is 8.78. The van der Waals surface area contributed by atoms with Gasteiger partial charge in [-0.1, -0.05) is 6.92 Å². The van der Waals surface area contributed by atoms with Gasteiger partial charge in [0.05, 0.1) is 5.92 Å². The van der Waals surface area contributed by atoms with Crippen LogP contribution < -0.4 is 0 Å².